The molecule has 1 aromatic rings. The summed E-state index contributed by atoms with van der Waals surface area (Å²) in [5.74, 6) is -0.163. The summed E-state index contributed by atoms with van der Waals surface area (Å²) in [5.41, 5.74) is 1.19. The van der Waals surface area contributed by atoms with Gasteiger partial charge in [-0.15, -0.1) is 0 Å². The second-order valence-electron chi connectivity index (χ2n) is 5.97. The monoisotopic (exact) mass is 294 g/mol. The summed E-state index contributed by atoms with van der Waals surface area (Å²) < 4.78 is 12.9. The average Bonchev–Trinajstić information content (AvgIpc) is 2.46. The van der Waals surface area contributed by atoms with Crippen molar-refractivity contribution in [2.24, 2.45) is 0 Å². The van der Waals surface area contributed by atoms with E-state index >= 15 is 0 Å². The van der Waals surface area contributed by atoms with Gasteiger partial charge in [0.1, 0.15) is 5.82 Å². The first-order chi connectivity index (χ1) is 10.0. The Bertz CT molecular complexity index is 373. The van der Waals surface area contributed by atoms with Gasteiger partial charge in [0.2, 0.25) is 0 Å². The Morgan fingerprint density at radius 3 is 2.24 bits per heavy atom. The minimum absolute atomic E-state index is 0.163. The molecule has 0 heterocycles. The zero-order valence-corrected chi connectivity index (χ0v) is 14.0. The minimum atomic E-state index is -0.163. The number of hydrogen-bond donors (Lipinski definition) is 1. The Balaban J connectivity index is 2.24. The van der Waals surface area contributed by atoms with Gasteiger partial charge in [0.15, 0.2) is 0 Å². The van der Waals surface area contributed by atoms with Crippen LogP contribution in [0.1, 0.15) is 46.1 Å². The van der Waals surface area contributed by atoms with Crippen molar-refractivity contribution in [1.29, 1.82) is 0 Å². The van der Waals surface area contributed by atoms with E-state index < -0.39 is 0 Å². The molecule has 0 aliphatic rings. The molecule has 120 valence electrons. The van der Waals surface area contributed by atoms with Crippen LogP contribution in [0.15, 0.2) is 24.3 Å². The molecule has 1 aromatic carbocycles. The largest absolute Gasteiger partial charge is 0.311 e. The highest BCUT2D eigenvalue weighted by atomic mass is 19.1. The number of nitrogens with one attached hydrogen (secondary N) is 1. The SMILES string of the molecule is CCN(CC)CCCC(C)NC(C)Cc1ccc(F)cc1. The maximum atomic E-state index is 12.9. The summed E-state index contributed by atoms with van der Waals surface area (Å²) in [6.07, 6.45) is 3.38. The molecule has 2 unspecified atom stereocenters. The van der Waals surface area contributed by atoms with Crippen LogP contribution < -0.4 is 5.32 Å². The predicted octanol–water partition coefficient (Wildman–Crippen LogP) is 3.86. The van der Waals surface area contributed by atoms with Gasteiger partial charge >= 0.3 is 0 Å². The molecule has 2 atom stereocenters. The molecule has 0 bridgehead atoms. The fourth-order valence-corrected chi connectivity index (χ4v) is 2.76. The van der Waals surface area contributed by atoms with Crippen LogP contribution in [0.2, 0.25) is 0 Å². The summed E-state index contributed by atoms with van der Waals surface area (Å²) in [6, 6.07) is 7.76. The zero-order valence-electron chi connectivity index (χ0n) is 14.0. The molecule has 0 amide bonds. The maximum absolute atomic E-state index is 12.9. The molecule has 0 radical (unpaired) electrons. The normalized spacial score (nSPS) is 14.4. The number of halogens is 1. The molecule has 0 saturated heterocycles. The van der Waals surface area contributed by atoms with E-state index in [1.165, 1.54) is 37.1 Å². The van der Waals surface area contributed by atoms with Crippen molar-refractivity contribution >= 4 is 0 Å². The summed E-state index contributed by atoms with van der Waals surface area (Å²) in [5, 5.41) is 3.64. The molecule has 0 spiro atoms. The summed E-state index contributed by atoms with van der Waals surface area (Å²) >= 11 is 0. The Morgan fingerprint density at radius 2 is 1.67 bits per heavy atom. The first-order valence-electron chi connectivity index (χ1n) is 8.28. The number of nitrogens with zero attached hydrogens (tertiary/aromatic N) is 1. The third kappa shape index (κ3) is 7.58. The highest BCUT2D eigenvalue weighted by Gasteiger charge is 2.09. The second kappa shape index (κ2) is 9.91. The molecule has 0 aliphatic carbocycles. The molecule has 2 nitrogen and oxygen atoms in total. The molecule has 0 aromatic heterocycles. The lowest BCUT2D eigenvalue weighted by atomic mass is 10.1. The lowest BCUT2D eigenvalue weighted by Crippen LogP contribution is -2.36. The minimum Gasteiger partial charge on any atom is -0.311 e. The van der Waals surface area contributed by atoms with Crippen molar-refractivity contribution in [3.63, 3.8) is 0 Å². The van der Waals surface area contributed by atoms with Gasteiger partial charge in [-0.25, -0.2) is 4.39 Å². The van der Waals surface area contributed by atoms with Gasteiger partial charge in [0.05, 0.1) is 0 Å². The van der Waals surface area contributed by atoms with E-state index in [9.17, 15) is 4.39 Å². The fourth-order valence-electron chi connectivity index (χ4n) is 2.76. The summed E-state index contributed by atoms with van der Waals surface area (Å²) in [7, 11) is 0. The van der Waals surface area contributed by atoms with Crippen molar-refractivity contribution in [3.05, 3.63) is 35.6 Å². The number of benzene rings is 1. The van der Waals surface area contributed by atoms with Crippen LogP contribution >= 0.6 is 0 Å². The van der Waals surface area contributed by atoms with Crippen LogP contribution in [0.4, 0.5) is 4.39 Å². The van der Waals surface area contributed by atoms with Crippen molar-refractivity contribution in [2.75, 3.05) is 19.6 Å². The van der Waals surface area contributed by atoms with E-state index in [1.807, 2.05) is 12.1 Å². The van der Waals surface area contributed by atoms with Gasteiger partial charge in [0, 0.05) is 12.1 Å². The molecule has 21 heavy (non-hydrogen) atoms. The molecule has 1 rings (SSSR count). The third-order valence-corrected chi connectivity index (χ3v) is 4.03. The second-order valence-corrected chi connectivity index (χ2v) is 5.97. The summed E-state index contributed by atoms with van der Waals surface area (Å²) in [4.78, 5) is 2.47. The van der Waals surface area contributed by atoms with Gasteiger partial charge in [0.25, 0.3) is 0 Å². The highest BCUT2D eigenvalue weighted by molar-refractivity contribution is 5.17. The average molecular weight is 294 g/mol. The first-order valence-corrected chi connectivity index (χ1v) is 8.28. The van der Waals surface area contributed by atoms with Crippen molar-refractivity contribution in [2.45, 2.75) is 59.0 Å². The van der Waals surface area contributed by atoms with Crippen molar-refractivity contribution in [3.8, 4) is 0 Å². The number of hydrogen-bond acceptors (Lipinski definition) is 2. The lowest BCUT2D eigenvalue weighted by molar-refractivity contribution is 0.288. The van der Waals surface area contributed by atoms with E-state index in [1.54, 1.807) is 0 Å². The zero-order chi connectivity index (χ0) is 15.7. The van der Waals surface area contributed by atoms with Crippen LogP contribution in [0.5, 0.6) is 0 Å². The van der Waals surface area contributed by atoms with Crippen LogP contribution in [-0.4, -0.2) is 36.6 Å². The quantitative estimate of drug-likeness (QED) is 0.705. The maximum Gasteiger partial charge on any atom is 0.123 e. The molecule has 0 aliphatic heterocycles. The lowest BCUT2D eigenvalue weighted by Gasteiger charge is -2.22. The van der Waals surface area contributed by atoms with Crippen LogP contribution in [0.25, 0.3) is 0 Å². The third-order valence-electron chi connectivity index (χ3n) is 4.03. The molecular formula is C18H31FN2. The van der Waals surface area contributed by atoms with E-state index in [4.69, 9.17) is 0 Å². The van der Waals surface area contributed by atoms with Crippen molar-refractivity contribution in [1.82, 2.24) is 10.2 Å². The Hall–Kier alpha value is -0.930. The fraction of sp³-hybridized carbons (Fsp3) is 0.667. The molecule has 3 heteroatoms. The smallest absolute Gasteiger partial charge is 0.123 e. The molecular weight excluding hydrogens is 263 g/mol. The van der Waals surface area contributed by atoms with E-state index in [2.05, 4.69) is 37.9 Å². The highest BCUT2D eigenvalue weighted by Crippen LogP contribution is 2.07. The summed E-state index contributed by atoms with van der Waals surface area (Å²) in [6.45, 7) is 12.4. The molecule has 0 saturated carbocycles. The van der Waals surface area contributed by atoms with Crippen LogP contribution in [-0.2, 0) is 6.42 Å². The van der Waals surface area contributed by atoms with Crippen LogP contribution in [0.3, 0.4) is 0 Å². The topological polar surface area (TPSA) is 15.3 Å². The number of rotatable bonds is 10. The van der Waals surface area contributed by atoms with E-state index in [-0.39, 0.29) is 5.82 Å². The van der Waals surface area contributed by atoms with Gasteiger partial charge in [-0.3, -0.25) is 0 Å². The van der Waals surface area contributed by atoms with Gasteiger partial charge in [-0.1, -0.05) is 26.0 Å². The van der Waals surface area contributed by atoms with Crippen molar-refractivity contribution < 1.29 is 4.39 Å². The Kier molecular flexibility index (Phi) is 8.55. The van der Waals surface area contributed by atoms with E-state index in [0.717, 1.165) is 19.5 Å². The predicted molar refractivity (Wildman–Crippen MR) is 89.2 cm³/mol. The molecule has 1 N–H and O–H groups in total. The Labute approximate surface area is 129 Å². The molecule has 0 fully saturated rings. The van der Waals surface area contributed by atoms with Gasteiger partial charge in [-0.2, -0.15) is 0 Å². The van der Waals surface area contributed by atoms with Crippen LogP contribution in [0, 0.1) is 5.82 Å². The Morgan fingerprint density at radius 1 is 1.05 bits per heavy atom. The standard InChI is InChI=1S/C18H31FN2/c1-5-21(6-2)13-7-8-15(3)20-16(4)14-17-9-11-18(19)12-10-17/h9-12,15-16,20H,5-8,13-14H2,1-4H3. The van der Waals surface area contributed by atoms with E-state index in [0.29, 0.717) is 12.1 Å². The van der Waals surface area contributed by atoms with Gasteiger partial charge < -0.3 is 10.2 Å². The first kappa shape index (κ1) is 18.1. The van der Waals surface area contributed by atoms with Gasteiger partial charge in [-0.05, 0) is 70.4 Å².